The van der Waals surface area contributed by atoms with Gasteiger partial charge in [0.1, 0.15) is 29.8 Å². The van der Waals surface area contributed by atoms with Gasteiger partial charge in [0.25, 0.3) is 0 Å². The average Bonchev–Trinajstić information content (AvgIpc) is 3.01. The lowest BCUT2D eigenvalue weighted by Crippen LogP contribution is -2.32. The molecule has 2 heterocycles. The number of aromatic nitrogens is 1. The molecule has 2 nitrogen and oxygen atoms in total. The summed E-state index contributed by atoms with van der Waals surface area (Å²) in [5, 5.41) is 2.79. The first-order valence-corrected chi connectivity index (χ1v) is 9.14. The standard InChI is InChI=1S/C24H18F2NO/c1-13-10-19-18-8-7-17(26)12-22(18)28-24(19)23(14(13)2)20-9-5-15-4-6-16(25)11-21(15)27(20)3/h4-12H,1-3H3/q+1. The summed E-state index contributed by atoms with van der Waals surface area (Å²) in [7, 11) is 1.92. The molecule has 5 aromatic rings. The van der Waals surface area contributed by atoms with Gasteiger partial charge < -0.3 is 4.42 Å². The molecule has 5 rings (SSSR count). The van der Waals surface area contributed by atoms with Crippen LogP contribution >= 0.6 is 0 Å². The van der Waals surface area contributed by atoms with Crippen molar-refractivity contribution in [2.24, 2.45) is 7.05 Å². The van der Waals surface area contributed by atoms with E-state index >= 15 is 0 Å². The highest BCUT2D eigenvalue weighted by Gasteiger charge is 2.23. The first-order chi connectivity index (χ1) is 13.4. The van der Waals surface area contributed by atoms with Gasteiger partial charge >= 0.3 is 0 Å². The number of hydrogen-bond donors (Lipinski definition) is 0. The highest BCUT2D eigenvalue weighted by atomic mass is 19.1. The molecular formula is C24H18F2NO+. The Morgan fingerprint density at radius 1 is 0.821 bits per heavy atom. The lowest BCUT2D eigenvalue weighted by Gasteiger charge is -2.10. The zero-order valence-corrected chi connectivity index (χ0v) is 15.8. The molecule has 0 amide bonds. The fourth-order valence-electron chi connectivity index (χ4n) is 4.03. The van der Waals surface area contributed by atoms with Crippen LogP contribution in [0.15, 0.2) is 59.0 Å². The third-order valence-electron chi connectivity index (χ3n) is 5.64. The molecule has 0 aliphatic heterocycles. The van der Waals surface area contributed by atoms with Crippen LogP contribution in [0.25, 0.3) is 44.1 Å². The quantitative estimate of drug-likeness (QED) is 0.323. The van der Waals surface area contributed by atoms with E-state index in [1.165, 1.54) is 24.3 Å². The third-order valence-corrected chi connectivity index (χ3v) is 5.64. The zero-order valence-electron chi connectivity index (χ0n) is 15.8. The molecule has 138 valence electrons. The van der Waals surface area contributed by atoms with Gasteiger partial charge in [-0.15, -0.1) is 0 Å². The summed E-state index contributed by atoms with van der Waals surface area (Å²) >= 11 is 0. The summed E-state index contributed by atoms with van der Waals surface area (Å²) in [6.07, 6.45) is 0. The number of benzene rings is 3. The van der Waals surface area contributed by atoms with Crippen LogP contribution in [0.2, 0.25) is 0 Å². The van der Waals surface area contributed by atoms with Crippen molar-refractivity contribution < 1.29 is 17.8 Å². The van der Waals surface area contributed by atoms with Crippen LogP contribution in [0, 0.1) is 25.5 Å². The Labute approximate surface area is 160 Å². The van der Waals surface area contributed by atoms with Crippen molar-refractivity contribution in [2.75, 3.05) is 0 Å². The molecule has 0 radical (unpaired) electrons. The van der Waals surface area contributed by atoms with E-state index in [-0.39, 0.29) is 11.6 Å². The Morgan fingerprint density at radius 3 is 2.36 bits per heavy atom. The number of aryl methyl sites for hydroxylation is 2. The summed E-state index contributed by atoms with van der Waals surface area (Å²) in [5.41, 5.74) is 6.11. The minimum atomic E-state index is -0.326. The number of hydrogen-bond acceptors (Lipinski definition) is 1. The van der Waals surface area contributed by atoms with E-state index in [0.717, 1.165) is 49.6 Å². The molecule has 0 unspecified atom stereocenters. The molecule has 0 bridgehead atoms. The van der Waals surface area contributed by atoms with Crippen LogP contribution < -0.4 is 4.57 Å². The molecule has 0 fully saturated rings. The van der Waals surface area contributed by atoms with Crippen molar-refractivity contribution in [1.29, 1.82) is 0 Å². The smallest absolute Gasteiger partial charge is 0.216 e. The second kappa shape index (κ2) is 5.86. The molecular weight excluding hydrogens is 356 g/mol. The van der Waals surface area contributed by atoms with Crippen molar-refractivity contribution in [3.8, 4) is 11.3 Å². The van der Waals surface area contributed by atoms with Gasteiger partial charge in [0, 0.05) is 34.4 Å². The topological polar surface area (TPSA) is 17.0 Å². The summed E-state index contributed by atoms with van der Waals surface area (Å²) in [6, 6.07) is 15.5. The van der Waals surface area contributed by atoms with E-state index in [1.807, 2.05) is 30.7 Å². The highest BCUT2D eigenvalue weighted by Crippen LogP contribution is 2.39. The van der Waals surface area contributed by atoms with Crippen molar-refractivity contribution in [2.45, 2.75) is 13.8 Å². The minimum absolute atomic E-state index is 0.273. The Balaban J connectivity index is 1.93. The summed E-state index contributed by atoms with van der Waals surface area (Å²) < 4.78 is 35.7. The fraction of sp³-hybridized carbons (Fsp3) is 0.125. The fourth-order valence-corrected chi connectivity index (χ4v) is 4.03. The molecule has 0 aliphatic rings. The Hall–Kier alpha value is -3.27. The molecule has 2 aromatic heterocycles. The van der Waals surface area contributed by atoms with Gasteiger partial charge in [0.2, 0.25) is 11.2 Å². The maximum Gasteiger partial charge on any atom is 0.216 e. The first-order valence-electron chi connectivity index (χ1n) is 9.14. The molecule has 3 aromatic carbocycles. The first kappa shape index (κ1) is 16.9. The van der Waals surface area contributed by atoms with Crippen LogP contribution in [-0.4, -0.2) is 0 Å². The normalized spacial score (nSPS) is 11.8. The zero-order chi connectivity index (χ0) is 19.6. The van der Waals surface area contributed by atoms with E-state index in [2.05, 4.69) is 13.0 Å². The molecule has 0 saturated heterocycles. The van der Waals surface area contributed by atoms with Crippen molar-refractivity contribution in [3.05, 3.63) is 77.4 Å². The van der Waals surface area contributed by atoms with Crippen molar-refractivity contribution >= 4 is 32.8 Å². The van der Waals surface area contributed by atoms with Crippen LogP contribution in [0.4, 0.5) is 8.78 Å². The van der Waals surface area contributed by atoms with Gasteiger partial charge in [-0.05, 0) is 61.4 Å². The van der Waals surface area contributed by atoms with Gasteiger partial charge in [-0.3, -0.25) is 0 Å². The molecule has 0 N–H and O–H groups in total. The summed E-state index contributed by atoms with van der Waals surface area (Å²) in [4.78, 5) is 0. The van der Waals surface area contributed by atoms with Gasteiger partial charge in [-0.2, -0.15) is 4.57 Å². The summed E-state index contributed by atoms with van der Waals surface area (Å²) in [6.45, 7) is 4.11. The lowest BCUT2D eigenvalue weighted by molar-refractivity contribution is -0.633. The molecule has 0 spiro atoms. The summed E-state index contributed by atoms with van der Waals surface area (Å²) in [5.74, 6) is -0.598. The number of furan rings is 1. The largest absolute Gasteiger partial charge is 0.455 e. The van der Waals surface area contributed by atoms with Crippen LogP contribution in [0.5, 0.6) is 0 Å². The SMILES string of the molecule is Cc1cc2c(oc3cc(F)ccc32)c(-c2ccc3ccc(F)cc3[n+]2C)c1C. The second-order valence-electron chi connectivity index (χ2n) is 7.29. The molecule has 28 heavy (non-hydrogen) atoms. The van der Waals surface area contributed by atoms with E-state index < -0.39 is 0 Å². The second-order valence-corrected chi connectivity index (χ2v) is 7.29. The number of pyridine rings is 1. The molecule has 0 saturated carbocycles. The predicted molar refractivity (Wildman–Crippen MR) is 107 cm³/mol. The minimum Gasteiger partial charge on any atom is -0.455 e. The Kier molecular flexibility index (Phi) is 3.53. The number of nitrogens with zero attached hydrogens (tertiary/aromatic N) is 1. The van der Waals surface area contributed by atoms with E-state index in [4.69, 9.17) is 4.42 Å². The Morgan fingerprint density at radius 2 is 1.54 bits per heavy atom. The molecule has 0 atom stereocenters. The van der Waals surface area contributed by atoms with Gasteiger partial charge in [0.05, 0.1) is 5.56 Å². The van der Waals surface area contributed by atoms with Crippen LogP contribution in [-0.2, 0) is 7.05 Å². The van der Waals surface area contributed by atoms with Crippen LogP contribution in [0.1, 0.15) is 11.1 Å². The number of rotatable bonds is 1. The van der Waals surface area contributed by atoms with Crippen molar-refractivity contribution in [3.63, 3.8) is 0 Å². The monoisotopic (exact) mass is 374 g/mol. The predicted octanol–water partition coefficient (Wildman–Crippen LogP) is 6.13. The molecule has 4 heteroatoms. The van der Waals surface area contributed by atoms with E-state index in [1.54, 1.807) is 12.1 Å². The lowest BCUT2D eigenvalue weighted by atomic mass is 9.96. The van der Waals surface area contributed by atoms with E-state index in [0.29, 0.717) is 5.58 Å². The van der Waals surface area contributed by atoms with E-state index in [9.17, 15) is 8.78 Å². The highest BCUT2D eigenvalue weighted by molar-refractivity contribution is 6.10. The average molecular weight is 374 g/mol. The maximum absolute atomic E-state index is 13.9. The number of fused-ring (bicyclic) bond motifs is 4. The van der Waals surface area contributed by atoms with Gasteiger partial charge in [-0.25, -0.2) is 8.78 Å². The van der Waals surface area contributed by atoms with Crippen molar-refractivity contribution in [1.82, 2.24) is 0 Å². The maximum atomic E-state index is 13.9. The molecule has 0 aliphatic carbocycles. The van der Waals surface area contributed by atoms with Gasteiger partial charge in [0.15, 0.2) is 0 Å². The Bertz CT molecular complexity index is 1420. The third kappa shape index (κ3) is 2.34. The number of halogens is 2. The van der Waals surface area contributed by atoms with Gasteiger partial charge in [-0.1, -0.05) is 0 Å². The van der Waals surface area contributed by atoms with Crippen LogP contribution in [0.3, 0.4) is 0 Å².